The van der Waals surface area contributed by atoms with E-state index >= 15 is 0 Å². The smallest absolute Gasteiger partial charge is 0.126 e. The second-order valence-corrected chi connectivity index (χ2v) is 5.88. The van der Waals surface area contributed by atoms with Crippen LogP contribution in [0.25, 0.3) is 0 Å². The Labute approximate surface area is 137 Å². The van der Waals surface area contributed by atoms with Crippen LogP contribution in [0.15, 0.2) is 10.2 Å². The molecule has 20 heavy (non-hydrogen) atoms. The van der Waals surface area contributed by atoms with Gasteiger partial charge in [0.05, 0.1) is 0 Å². The molecule has 0 spiro atoms. The first-order valence-corrected chi connectivity index (χ1v) is 7.27. The lowest BCUT2D eigenvalue weighted by molar-refractivity contribution is 0.325. The van der Waals surface area contributed by atoms with Gasteiger partial charge in [0.2, 0.25) is 0 Å². The first-order chi connectivity index (χ1) is 8.33. The van der Waals surface area contributed by atoms with Crippen molar-refractivity contribution in [3.8, 4) is 0 Å². The first kappa shape index (κ1) is 25.1. The molecule has 2 N–H and O–H groups in total. The fourth-order valence-corrected chi connectivity index (χ4v) is 1.46. The van der Waals surface area contributed by atoms with Crippen LogP contribution in [-0.4, -0.2) is 24.4 Å². The Morgan fingerprint density at radius 2 is 1.00 bits per heavy atom. The third-order valence-corrected chi connectivity index (χ3v) is 2.73. The number of rotatable bonds is 10. The standard InChI is InChI=1S/C14H32N4.2ClH/c1-7-9-11-15-13(3,4)17-18-14(5,6)16-12-10-8-2;;/h15-16H,7-12H2,1-6H3;2*1H. The summed E-state index contributed by atoms with van der Waals surface area (Å²) in [6.45, 7) is 14.6. The minimum atomic E-state index is -0.279. The zero-order valence-electron chi connectivity index (χ0n) is 14.0. The van der Waals surface area contributed by atoms with Crippen LogP contribution in [-0.2, 0) is 0 Å². The van der Waals surface area contributed by atoms with Crippen molar-refractivity contribution in [1.29, 1.82) is 0 Å². The van der Waals surface area contributed by atoms with Crippen molar-refractivity contribution in [3.63, 3.8) is 0 Å². The van der Waals surface area contributed by atoms with Crippen molar-refractivity contribution in [2.24, 2.45) is 10.2 Å². The lowest BCUT2D eigenvalue weighted by Gasteiger charge is -2.25. The number of halogens is 2. The molecule has 0 heterocycles. The molecule has 0 saturated heterocycles. The Balaban J connectivity index is -0.00000144. The van der Waals surface area contributed by atoms with Crippen LogP contribution in [0.1, 0.15) is 67.2 Å². The van der Waals surface area contributed by atoms with Crippen LogP contribution in [0.2, 0.25) is 0 Å². The van der Waals surface area contributed by atoms with Crippen LogP contribution in [0, 0.1) is 0 Å². The van der Waals surface area contributed by atoms with Crippen molar-refractivity contribution >= 4 is 24.8 Å². The van der Waals surface area contributed by atoms with Crippen LogP contribution in [0.3, 0.4) is 0 Å². The molecule has 124 valence electrons. The average molecular weight is 329 g/mol. The number of hydrogen-bond donors (Lipinski definition) is 2. The van der Waals surface area contributed by atoms with Gasteiger partial charge in [-0.2, -0.15) is 10.2 Å². The first-order valence-electron chi connectivity index (χ1n) is 7.27. The molecule has 0 rings (SSSR count). The molecule has 0 aromatic rings. The van der Waals surface area contributed by atoms with Gasteiger partial charge in [-0.3, -0.25) is 10.6 Å². The summed E-state index contributed by atoms with van der Waals surface area (Å²) in [6.07, 6.45) is 4.75. The molecule has 0 aliphatic heterocycles. The molecular weight excluding hydrogens is 295 g/mol. The predicted octanol–water partition coefficient (Wildman–Crippen LogP) is 4.53. The maximum absolute atomic E-state index is 4.43. The van der Waals surface area contributed by atoms with E-state index in [0.717, 1.165) is 13.1 Å². The monoisotopic (exact) mass is 328 g/mol. The SMILES string of the molecule is CCCCNC(C)(C)N=NC(C)(C)NCCCC.Cl.Cl. The number of azo groups is 1. The summed E-state index contributed by atoms with van der Waals surface area (Å²) in [6, 6.07) is 0. The average Bonchev–Trinajstić information content (AvgIpc) is 2.27. The Bertz CT molecular complexity index is 219. The van der Waals surface area contributed by atoms with E-state index in [4.69, 9.17) is 0 Å². The fourth-order valence-electron chi connectivity index (χ4n) is 1.46. The van der Waals surface area contributed by atoms with Gasteiger partial charge in [-0.15, -0.1) is 24.8 Å². The maximum atomic E-state index is 4.43. The van der Waals surface area contributed by atoms with Gasteiger partial charge in [-0.25, -0.2) is 0 Å². The van der Waals surface area contributed by atoms with Crippen molar-refractivity contribution in [3.05, 3.63) is 0 Å². The molecule has 6 heteroatoms. The number of unbranched alkanes of at least 4 members (excludes halogenated alkanes) is 2. The molecule has 0 atom stereocenters. The van der Waals surface area contributed by atoms with Crippen molar-refractivity contribution in [2.45, 2.75) is 78.6 Å². The molecule has 0 aromatic heterocycles. The van der Waals surface area contributed by atoms with Gasteiger partial charge in [0.15, 0.2) is 0 Å². The minimum absolute atomic E-state index is 0. The normalized spacial score (nSPS) is 12.1. The summed E-state index contributed by atoms with van der Waals surface area (Å²) < 4.78 is 0. The largest absolute Gasteiger partial charge is 0.292 e. The van der Waals surface area contributed by atoms with E-state index in [2.05, 4.69) is 62.4 Å². The summed E-state index contributed by atoms with van der Waals surface area (Å²) in [5.41, 5.74) is -0.558. The summed E-state index contributed by atoms with van der Waals surface area (Å²) in [7, 11) is 0. The summed E-state index contributed by atoms with van der Waals surface area (Å²) in [5.74, 6) is 0. The summed E-state index contributed by atoms with van der Waals surface area (Å²) in [5, 5.41) is 15.7. The Hall–Kier alpha value is 0.1000. The van der Waals surface area contributed by atoms with E-state index in [1.165, 1.54) is 25.7 Å². The van der Waals surface area contributed by atoms with Gasteiger partial charge >= 0.3 is 0 Å². The Kier molecular flexibility index (Phi) is 16.1. The maximum Gasteiger partial charge on any atom is 0.126 e. The number of nitrogens with zero attached hydrogens (tertiary/aromatic N) is 2. The highest BCUT2D eigenvalue weighted by atomic mass is 35.5. The molecular formula is C14H34Cl2N4. The van der Waals surface area contributed by atoms with E-state index in [0.29, 0.717) is 0 Å². The van der Waals surface area contributed by atoms with Crippen molar-refractivity contribution in [1.82, 2.24) is 10.6 Å². The van der Waals surface area contributed by atoms with Gasteiger partial charge in [0, 0.05) is 0 Å². The van der Waals surface area contributed by atoms with E-state index < -0.39 is 0 Å². The van der Waals surface area contributed by atoms with E-state index in [9.17, 15) is 0 Å². The predicted molar refractivity (Wildman–Crippen MR) is 93.3 cm³/mol. The minimum Gasteiger partial charge on any atom is -0.292 e. The molecule has 0 aliphatic rings. The highest BCUT2D eigenvalue weighted by Crippen LogP contribution is 2.11. The molecule has 0 fully saturated rings. The van der Waals surface area contributed by atoms with Crippen LogP contribution in [0.5, 0.6) is 0 Å². The molecule has 0 amide bonds. The quantitative estimate of drug-likeness (QED) is 0.457. The van der Waals surface area contributed by atoms with E-state index in [1.54, 1.807) is 0 Å². The Morgan fingerprint density at radius 3 is 1.25 bits per heavy atom. The van der Waals surface area contributed by atoms with Crippen LogP contribution < -0.4 is 10.6 Å². The molecule has 0 radical (unpaired) electrons. The number of nitrogens with one attached hydrogen (secondary N) is 2. The van der Waals surface area contributed by atoms with Gasteiger partial charge < -0.3 is 0 Å². The van der Waals surface area contributed by atoms with Gasteiger partial charge in [-0.1, -0.05) is 26.7 Å². The summed E-state index contributed by atoms with van der Waals surface area (Å²) >= 11 is 0. The van der Waals surface area contributed by atoms with Crippen molar-refractivity contribution in [2.75, 3.05) is 13.1 Å². The fraction of sp³-hybridized carbons (Fsp3) is 1.00. The molecule has 0 bridgehead atoms. The second-order valence-electron chi connectivity index (χ2n) is 5.88. The van der Waals surface area contributed by atoms with E-state index in [-0.39, 0.29) is 36.1 Å². The highest BCUT2D eigenvalue weighted by Gasteiger charge is 2.19. The van der Waals surface area contributed by atoms with Gasteiger partial charge in [0.25, 0.3) is 0 Å². The Morgan fingerprint density at radius 1 is 0.700 bits per heavy atom. The molecule has 0 aromatic carbocycles. The third kappa shape index (κ3) is 14.5. The lowest BCUT2D eigenvalue weighted by Crippen LogP contribution is -2.41. The topological polar surface area (TPSA) is 48.8 Å². The third-order valence-electron chi connectivity index (χ3n) is 2.73. The van der Waals surface area contributed by atoms with Crippen LogP contribution >= 0.6 is 24.8 Å². The highest BCUT2D eigenvalue weighted by molar-refractivity contribution is 5.85. The van der Waals surface area contributed by atoms with Gasteiger partial charge in [0.1, 0.15) is 11.3 Å². The summed E-state index contributed by atoms with van der Waals surface area (Å²) in [4.78, 5) is 0. The zero-order valence-corrected chi connectivity index (χ0v) is 15.6. The van der Waals surface area contributed by atoms with Gasteiger partial charge in [-0.05, 0) is 53.6 Å². The van der Waals surface area contributed by atoms with Crippen LogP contribution in [0.4, 0.5) is 0 Å². The lowest BCUT2D eigenvalue weighted by atomic mass is 10.2. The number of hydrogen-bond acceptors (Lipinski definition) is 4. The molecule has 0 saturated carbocycles. The zero-order chi connectivity index (χ0) is 14.1. The molecule has 4 nitrogen and oxygen atoms in total. The van der Waals surface area contributed by atoms with Crippen molar-refractivity contribution < 1.29 is 0 Å². The second kappa shape index (κ2) is 12.8. The molecule has 0 aliphatic carbocycles. The van der Waals surface area contributed by atoms with E-state index in [1.807, 2.05) is 0 Å². The molecule has 0 unspecified atom stereocenters.